The van der Waals surface area contributed by atoms with Crippen molar-refractivity contribution in [3.8, 4) is 5.75 Å². The fourth-order valence-electron chi connectivity index (χ4n) is 5.29. The molecule has 2 fully saturated rings. The molecule has 6 heteroatoms. The predicted octanol–water partition coefficient (Wildman–Crippen LogP) is 2.94. The minimum Gasteiger partial charge on any atom is -0.482 e. The van der Waals surface area contributed by atoms with Crippen molar-refractivity contribution in [2.75, 3.05) is 11.5 Å². The van der Waals surface area contributed by atoms with Gasteiger partial charge in [-0.15, -0.1) is 0 Å². The van der Waals surface area contributed by atoms with Crippen molar-refractivity contribution in [1.29, 1.82) is 0 Å². The van der Waals surface area contributed by atoms with Crippen LogP contribution in [0.2, 0.25) is 0 Å². The minimum atomic E-state index is -0.668. The Morgan fingerprint density at radius 1 is 1.21 bits per heavy atom. The van der Waals surface area contributed by atoms with E-state index >= 15 is 0 Å². The van der Waals surface area contributed by atoms with Gasteiger partial charge in [0.1, 0.15) is 11.8 Å². The number of rotatable bonds is 5. The molecule has 3 aliphatic rings. The van der Waals surface area contributed by atoms with Crippen molar-refractivity contribution in [2.45, 2.75) is 58.5 Å². The number of Topliss-reactive ketones (excluding diaryl/α,β-unsaturated/α-hetero) is 1. The van der Waals surface area contributed by atoms with Gasteiger partial charge in [0, 0.05) is 11.6 Å². The first-order valence-electron chi connectivity index (χ1n) is 10.3. The van der Waals surface area contributed by atoms with Crippen LogP contribution in [0.1, 0.15) is 56.8 Å². The molecule has 0 saturated heterocycles. The molecule has 0 spiro atoms. The van der Waals surface area contributed by atoms with Crippen molar-refractivity contribution < 1.29 is 19.1 Å². The minimum absolute atomic E-state index is 0.0946. The fourth-order valence-corrected chi connectivity index (χ4v) is 5.29. The van der Waals surface area contributed by atoms with E-state index in [0.717, 1.165) is 11.8 Å². The summed E-state index contributed by atoms with van der Waals surface area (Å²) in [7, 11) is 0. The van der Waals surface area contributed by atoms with E-state index in [2.05, 4.69) is 12.2 Å². The Labute approximate surface area is 165 Å². The van der Waals surface area contributed by atoms with Gasteiger partial charge in [0.05, 0.1) is 5.69 Å². The van der Waals surface area contributed by atoms with E-state index in [1.165, 1.54) is 37.5 Å². The van der Waals surface area contributed by atoms with Crippen molar-refractivity contribution in [3.05, 3.63) is 23.8 Å². The maximum Gasteiger partial charge on any atom is 0.265 e. The lowest BCUT2D eigenvalue weighted by Crippen LogP contribution is -2.54. The molecule has 2 amide bonds. The third-order valence-corrected chi connectivity index (χ3v) is 6.82. The second-order valence-electron chi connectivity index (χ2n) is 8.60. The third kappa shape index (κ3) is 3.29. The normalized spacial score (nSPS) is 27.8. The number of hydrogen-bond acceptors (Lipinski definition) is 4. The molecule has 28 heavy (non-hydrogen) atoms. The van der Waals surface area contributed by atoms with Crippen LogP contribution in [0.4, 0.5) is 5.69 Å². The smallest absolute Gasteiger partial charge is 0.265 e. The zero-order valence-electron chi connectivity index (χ0n) is 16.7. The van der Waals surface area contributed by atoms with Crippen molar-refractivity contribution in [2.24, 2.45) is 17.8 Å². The first-order chi connectivity index (χ1) is 13.3. The molecule has 2 aliphatic carbocycles. The molecule has 1 N–H and O–H groups in total. The van der Waals surface area contributed by atoms with Crippen LogP contribution in [0, 0.1) is 17.8 Å². The molecule has 1 aromatic carbocycles. The van der Waals surface area contributed by atoms with Crippen molar-refractivity contribution in [3.63, 3.8) is 0 Å². The summed E-state index contributed by atoms with van der Waals surface area (Å²) in [6.07, 6.45) is 5.09. The highest BCUT2D eigenvalue weighted by molar-refractivity contribution is 6.05. The van der Waals surface area contributed by atoms with Gasteiger partial charge in [-0.05, 0) is 76.0 Å². The van der Waals surface area contributed by atoms with Crippen LogP contribution in [0.15, 0.2) is 18.2 Å². The van der Waals surface area contributed by atoms with E-state index in [1.54, 1.807) is 25.1 Å². The highest BCUT2D eigenvalue weighted by Crippen LogP contribution is 2.49. The summed E-state index contributed by atoms with van der Waals surface area (Å²) >= 11 is 0. The van der Waals surface area contributed by atoms with Crippen LogP contribution >= 0.6 is 0 Å². The molecule has 1 aliphatic heterocycles. The summed E-state index contributed by atoms with van der Waals surface area (Å²) in [6, 6.07) is 4.44. The predicted molar refractivity (Wildman–Crippen MR) is 105 cm³/mol. The first-order valence-corrected chi connectivity index (χ1v) is 10.3. The Hall–Kier alpha value is -2.37. The Morgan fingerprint density at radius 3 is 2.64 bits per heavy atom. The molecule has 0 radical (unpaired) electrons. The fraction of sp³-hybridized carbons (Fsp3) is 0.591. The summed E-state index contributed by atoms with van der Waals surface area (Å²) < 4.78 is 5.49. The Kier molecular flexibility index (Phi) is 4.89. The quantitative estimate of drug-likeness (QED) is 0.792. The number of amides is 2. The molecule has 0 aromatic heterocycles. The van der Waals surface area contributed by atoms with Gasteiger partial charge < -0.3 is 10.1 Å². The van der Waals surface area contributed by atoms with Crippen LogP contribution in [-0.4, -0.2) is 36.3 Å². The van der Waals surface area contributed by atoms with Crippen LogP contribution in [-0.2, 0) is 9.59 Å². The zero-order chi connectivity index (χ0) is 20.0. The van der Waals surface area contributed by atoms with Crippen LogP contribution in [0.25, 0.3) is 0 Å². The molecular formula is C22H28N2O4. The van der Waals surface area contributed by atoms with Gasteiger partial charge >= 0.3 is 0 Å². The average Bonchev–Trinajstić information content (AvgIpc) is 3.30. The second kappa shape index (κ2) is 7.22. The van der Waals surface area contributed by atoms with E-state index in [0.29, 0.717) is 22.9 Å². The number of benzene rings is 1. The van der Waals surface area contributed by atoms with Gasteiger partial charge in [-0.1, -0.05) is 6.42 Å². The summed E-state index contributed by atoms with van der Waals surface area (Å²) in [5.74, 6) is 2.07. The van der Waals surface area contributed by atoms with E-state index < -0.39 is 6.04 Å². The topological polar surface area (TPSA) is 75.7 Å². The van der Waals surface area contributed by atoms with E-state index in [9.17, 15) is 14.4 Å². The molecule has 5 unspecified atom stereocenters. The van der Waals surface area contributed by atoms with E-state index in [-0.39, 0.29) is 30.2 Å². The maximum atomic E-state index is 13.0. The monoisotopic (exact) mass is 384 g/mol. The zero-order valence-corrected chi connectivity index (χ0v) is 16.7. The molecular weight excluding hydrogens is 356 g/mol. The number of carbonyl (C=O) groups is 3. The van der Waals surface area contributed by atoms with Crippen molar-refractivity contribution in [1.82, 2.24) is 5.32 Å². The van der Waals surface area contributed by atoms with Gasteiger partial charge in [0.2, 0.25) is 5.91 Å². The summed E-state index contributed by atoms with van der Waals surface area (Å²) in [6.45, 7) is 5.19. The molecule has 2 bridgehead atoms. The van der Waals surface area contributed by atoms with Gasteiger partial charge in [-0.2, -0.15) is 0 Å². The molecule has 2 saturated carbocycles. The molecule has 1 aromatic rings. The molecule has 5 atom stereocenters. The highest BCUT2D eigenvalue weighted by atomic mass is 16.5. The summed E-state index contributed by atoms with van der Waals surface area (Å²) in [5.41, 5.74) is 0.976. The van der Waals surface area contributed by atoms with E-state index in [1.807, 2.05) is 0 Å². The summed E-state index contributed by atoms with van der Waals surface area (Å²) in [4.78, 5) is 38.8. The lowest BCUT2D eigenvalue weighted by molar-refractivity contribution is -0.128. The van der Waals surface area contributed by atoms with Crippen LogP contribution in [0.3, 0.4) is 0 Å². The number of nitrogens with zero attached hydrogens (tertiary/aromatic N) is 1. The lowest BCUT2D eigenvalue weighted by Gasteiger charge is -2.35. The van der Waals surface area contributed by atoms with Gasteiger partial charge in [0.25, 0.3) is 5.91 Å². The molecule has 150 valence electrons. The SMILES string of the molecule is CC(=O)c1ccc2c(c1)N(C(C)C(=O)NC(C)C1CC3CCC1C3)C(=O)CO2. The van der Waals surface area contributed by atoms with Crippen LogP contribution < -0.4 is 15.0 Å². The second-order valence-corrected chi connectivity index (χ2v) is 8.60. The van der Waals surface area contributed by atoms with Crippen LogP contribution in [0.5, 0.6) is 5.75 Å². The van der Waals surface area contributed by atoms with Crippen molar-refractivity contribution >= 4 is 23.3 Å². The number of ketones is 1. The Bertz CT molecular complexity index is 821. The molecule has 1 heterocycles. The highest BCUT2D eigenvalue weighted by Gasteiger charge is 2.43. The number of hydrogen-bond donors (Lipinski definition) is 1. The number of carbonyl (C=O) groups excluding carboxylic acids is 3. The van der Waals surface area contributed by atoms with Gasteiger partial charge in [0.15, 0.2) is 12.4 Å². The molecule has 4 rings (SSSR count). The third-order valence-electron chi connectivity index (χ3n) is 6.82. The largest absolute Gasteiger partial charge is 0.482 e. The average molecular weight is 384 g/mol. The maximum absolute atomic E-state index is 13.0. The number of fused-ring (bicyclic) bond motifs is 3. The Balaban J connectivity index is 1.51. The summed E-state index contributed by atoms with van der Waals surface area (Å²) in [5, 5.41) is 3.15. The Morgan fingerprint density at radius 2 is 2.00 bits per heavy atom. The lowest BCUT2D eigenvalue weighted by atomic mass is 9.84. The van der Waals surface area contributed by atoms with Gasteiger partial charge in [-0.25, -0.2) is 0 Å². The van der Waals surface area contributed by atoms with Gasteiger partial charge in [-0.3, -0.25) is 19.3 Å². The first kappa shape index (κ1) is 19.0. The van der Waals surface area contributed by atoms with E-state index in [4.69, 9.17) is 4.74 Å². The number of ether oxygens (including phenoxy) is 1. The number of nitrogens with one attached hydrogen (secondary N) is 1. The standard InChI is InChI=1S/C22H28N2O4/c1-12(18-9-15-4-5-17(18)8-15)23-22(27)13(2)24-19-10-16(14(3)25)6-7-20(19)28-11-21(24)26/h6-7,10,12-13,15,17-18H,4-5,8-9,11H2,1-3H3,(H,23,27). The number of anilines is 1. The molecule has 6 nitrogen and oxygen atoms in total.